The van der Waals surface area contributed by atoms with Crippen LogP contribution < -0.4 is 10.9 Å². The molecule has 2 heterocycles. The standard InChI is InChI=1S/C15H22BrN3O2.ClH/c1-17-7-4-12-5-8-18(9-6-12)15(21)11-19-10-13(16)2-3-14(19)20;/h2-3,10,12,17H,4-9,11H2,1H3;1H. The molecule has 0 bridgehead atoms. The molecule has 124 valence electrons. The number of nitrogens with zero attached hydrogens (tertiary/aromatic N) is 2. The quantitative estimate of drug-likeness (QED) is 0.832. The third-order valence-electron chi connectivity index (χ3n) is 4.02. The smallest absolute Gasteiger partial charge is 0.251 e. The largest absolute Gasteiger partial charge is 0.341 e. The molecule has 0 aliphatic carbocycles. The zero-order chi connectivity index (χ0) is 15.2. The minimum atomic E-state index is -0.143. The average molecular weight is 393 g/mol. The summed E-state index contributed by atoms with van der Waals surface area (Å²) in [4.78, 5) is 25.9. The van der Waals surface area contributed by atoms with Gasteiger partial charge in [0.05, 0.1) is 0 Å². The van der Waals surface area contributed by atoms with Gasteiger partial charge in [0.15, 0.2) is 0 Å². The highest BCUT2D eigenvalue weighted by Crippen LogP contribution is 2.20. The van der Waals surface area contributed by atoms with Crippen LogP contribution in [0, 0.1) is 5.92 Å². The number of piperidine rings is 1. The number of hydrogen-bond donors (Lipinski definition) is 1. The van der Waals surface area contributed by atoms with Gasteiger partial charge in [-0.15, -0.1) is 12.4 Å². The lowest BCUT2D eigenvalue weighted by atomic mass is 9.93. The second-order valence-electron chi connectivity index (χ2n) is 5.53. The molecule has 1 saturated heterocycles. The molecule has 0 unspecified atom stereocenters. The molecule has 1 aromatic heterocycles. The van der Waals surface area contributed by atoms with Gasteiger partial charge in [0.2, 0.25) is 5.91 Å². The molecule has 0 atom stereocenters. The minimum Gasteiger partial charge on any atom is -0.341 e. The number of aromatic nitrogens is 1. The number of halogens is 2. The van der Waals surface area contributed by atoms with Crippen molar-refractivity contribution in [2.75, 3.05) is 26.7 Å². The highest BCUT2D eigenvalue weighted by Gasteiger charge is 2.22. The van der Waals surface area contributed by atoms with Crippen LogP contribution in [-0.4, -0.2) is 42.1 Å². The van der Waals surface area contributed by atoms with Crippen molar-refractivity contribution in [3.8, 4) is 0 Å². The van der Waals surface area contributed by atoms with E-state index in [9.17, 15) is 9.59 Å². The molecule has 2 rings (SSSR count). The first kappa shape index (κ1) is 19.2. The van der Waals surface area contributed by atoms with Gasteiger partial charge in [-0.1, -0.05) is 0 Å². The lowest BCUT2D eigenvalue weighted by Crippen LogP contribution is -2.41. The molecule has 22 heavy (non-hydrogen) atoms. The third-order valence-corrected chi connectivity index (χ3v) is 4.49. The summed E-state index contributed by atoms with van der Waals surface area (Å²) in [5.74, 6) is 0.734. The van der Waals surface area contributed by atoms with E-state index in [1.807, 2.05) is 11.9 Å². The lowest BCUT2D eigenvalue weighted by Gasteiger charge is -2.32. The molecule has 0 saturated carbocycles. The number of likely N-dealkylation sites (tertiary alicyclic amines) is 1. The Hall–Kier alpha value is -0.850. The normalized spacial score (nSPS) is 15.5. The number of rotatable bonds is 5. The zero-order valence-electron chi connectivity index (χ0n) is 12.8. The first-order valence-electron chi connectivity index (χ1n) is 7.38. The predicted octanol–water partition coefficient (Wildman–Crippen LogP) is 1.88. The van der Waals surface area contributed by atoms with Crippen LogP contribution in [0.15, 0.2) is 27.6 Å². The minimum absolute atomic E-state index is 0. The fraction of sp³-hybridized carbons (Fsp3) is 0.600. The summed E-state index contributed by atoms with van der Waals surface area (Å²) in [6.07, 6.45) is 4.95. The Morgan fingerprint density at radius 3 is 2.68 bits per heavy atom. The van der Waals surface area contributed by atoms with Gasteiger partial charge in [-0.3, -0.25) is 9.59 Å². The highest BCUT2D eigenvalue weighted by molar-refractivity contribution is 9.10. The SMILES string of the molecule is CNCCC1CCN(C(=O)Cn2cc(Br)ccc2=O)CC1.Cl. The molecule has 1 N–H and O–H groups in total. The Morgan fingerprint density at radius 1 is 1.36 bits per heavy atom. The fourth-order valence-electron chi connectivity index (χ4n) is 2.69. The molecule has 0 aromatic carbocycles. The van der Waals surface area contributed by atoms with Crippen LogP contribution in [0.3, 0.4) is 0 Å². The van der Waals surface area contributed by atoms with Gasteiger partial charge in [0, 0.05) is 29.8 Å². The second kappa shape index (κ2) is 9.33. The molecular formula is C15H23BrClN3O2. The van der Waals surface area contributed by atoms with E-state index in [4.69, 9.17) is 0 Å². The van der Waals surface area contributed by atoms with Crippen LogP contribution in [0.4, 0.5) is 0 Å². The summed E-state index contributed by atoms with van der Waals surface area (Å²) in [5, 5.41) is 3.17. The molecule has 1 aliphatic heterocycles. The predicted molar refractivity (Wildman–Crippen MR) is 93.5 cm³/mol. The van der Waals surface area contributed by atoms with Gasteiger partial charge in [-0.25, -0.2) is 0 Å². The first-order chi connectivity index (χ1) is 10.1. The Kier molecular flexibility index (Phi) is 8.14. The van der Waals surface area contributed by atoms with E-state index in [2.05, 4.69) is 21.2 Å². The maximum Gasteiger partial charge on any atom is 0.251 e. The van der Waals surface area contributed by atoms with Crippen molar-refractivity contribution in [1.29, 1.82) is 0 Å². The van der Waals surface area contributed by atoms with E-state index in [1.165, 1.54) is 17.1 Å². The van der Waals surface area contributed by atoms with E-state index in [-0.39, 0.29) is 30.4 Å². The number of amides is 1. The topological polar surface area (TPSA) is 54.3 Å². The third kappa shape index (κ3) is 5.41. The van der Waals surface area contributed by atoms with Crippen LogP contribution in [-0.2, 0) is 11.3 Å². The van der Waals surface area contributed by atoms with Gasteiger partial charge in [0.1, 0.15) is 6.54 Å². The average Bonchev–Trinajstić information content (AvgIpc) is 2.49. The number of hydrogen-bond acceptors (Lipinski definition) is 3. The van der Waals surface area contributed by atoms with E-state index in [0.717, 1.165) is 36.9 Å². The van der Waals surface area contributed by atoms with Gasteiger partial charge >= 0.3 is 0 Å². The molecule has 5 nitrogen and oxygen atoms in total. The lowest BCUT2D eigenvalue weighted by molar-refractivity contribution is -0.133. The maximum absolute atomic E-state index is 12.3. The highest BCUT2D eigenvalue weighted by atomic mass is 79.9. The van der Waals surface area contributed by atoms with E-state index < -0.39 is 0 Å². The first-order valence-corrected chi connectivity index (χ1v) is 8.18. The van der Waals surface area contributed by atoms with Crippen molar-refractivity contribution in [2.24, 2.45) is 5.92 Å². The van der Waals surface area contributed by atoms with Crippen molar-refractivity contribution >= 4 is 34.2 Å². The van der Waals surface area contributed by atoms with Gasteiger partial charge in [-0.05, 0) is 60.8 Å². The van der Waals surface area contributed by atoms with Gasteiger partial charge in [-0.2, -0.15) is 0 Å². The Bertz CT molecular complexity index is 542. The van der Waals surface area contributed by atoms with Crippen LogP contribution in [0.1, 0.15) is 19.3 Å². The summed E-state index contributed by atoms with van der Waals surface area (Å²) in [6, 6.07) is 3.16. The molecule has 7 heteroatoms. The molecule has 1 aliphatic rings. The maximum atomic E-state index is 12.3. The van der Waals surface area contributed by atoms with Crippen molar-refractivity contribution < 1.29 is 4.79 Å². The number of pyridine rings is 1. The fourth-order valence-corrected chi connectivity index (χ4v) is 3.07. The summed E-state index contributed by atoms with van der Waals surface area (Å²) in [5.41, 5.74) is -0.143. The molecule has 0 radical (unpaired) electrons. The molecule has 1 amide bonds. The Morgan fingerprint density at radius 2 is 2.05 bits per heavy atom. The van der Waals surface area contributed by atoms with Gasteiger partial charge in [0.25, 0.3) is 5.56 Å². The molecule has 1 aromatic rings. The summed E-state index contributed by atoms with van der Waals surface area (Å²) in [7, 11) is 1.97. The Balaban J connectivity index is 0.00000242. The van der Waals surface area contributed by atoms with Crippen molar-refractivity contribution in [1.82, 2.24) is 14.8 Å². The van der Waals surface area contributed by atoms with Crippen LogP contribution in [0.2, 0.25) is 0 Å². The Labute approximate surface area is 145 Å². The van der Waals surface area contributed by atoms with E-state index >= 15 is 0 Å². The van der Waals surface area contributed by atoms with Crippen molar-refractivity contribution in [3.05, 3.63) is 33.2 Å². The van der Waals surface area contributed by atoms with Crippen molar-refractivity contribution in [2.45, 2.75) is 25.8 Å². The van der Waals surface area contributed by atoms with Crippen LogP contribution in [0.5, 0.6) is 0 Å². The molecule has 1 fully saturated rings. The summed E-state index contributed by atoms with van der Waals surface area (Å²) in [6.45, 7) is 2.76. The van der Waals surface area contributed by atoms with Crippen molar-refractivity contribution in [3.63, 3.8) is 0 Å². The van der Waals surface area contributed by atoms with Gasteiger partial charge < -0.3 is 14.8 Å². The summed E-state index contributed by atoms with van der Waals surface area (Å²) < 4.78 is 2.26. The number of nitrogens with one attached hydrogen (secondary N) is 1. The second-order valence-corrected chi connectivity index (χ2v) is 6.45. The number of carbonyl (C=O) groups excluding carboxylic acids is 1. The van der Waals surface area contributed by atoms with Crippen LogP contribution in [0.25, 0.3) is 0 Å². The van der Waals surface area contributed by atoms with Crippen LogP contribution >= 0.6 is 28.3 Å². The summed E-state index contributed by atoms with van der Waals surface area (Å²) >= 11 is 3.32. The number of carbonyl (C=O) groups is 1. The van der Waals surface area contributed by atoms with E-state index in [0.29, 0.717) is 5.92 Å². The molecular weight excluding hydrogens is 370 g/mol. The zero-order valence-corrected chi connectivity index (χ0v) is 15.2. The monoisotopic (exact) mass is 391 g/mol. The van der Waals surface area contributed by atoms with E-state index in [1.54, 1.807) is 12.3 Å². The molecule has 0 spiro atoms.